The van der Waals surface area contributed by atoms with E-state index in [1.807, 2.05) is 10.9 Å². The lowest BCUT2D eigenvalue weighted by molar-refractivity contribution is 0.0703. The molecular formula is C10H15NOS3. The van der Waals surface area contributed by atoms with Crippen molar-refractivity contribution in [3.05, 3.63) is 0 Å². The summed E-state index contributed by atoms with van der Waals surface area (Å²) >= 11 is 7.14. The van der Waals surface area contributed by atoms with E-state index in [0.29, 0.717) is 5.92 Å². The molecule has 2 aliphatic heterocycles. The Morgan fingerprint density at radius 3 is 2.53 bits per heavy atom. The Morgan fingerprint density at radius 1 is 1.33 bits per heavy atom. The van der Waals surface area contributed by atoms with Crippen LogP contribution in [0.4, 0.5) is 0 Å². The van der Waals surface area contributed by atoms with Gasteiger partial charge < -0.3 is 4.74 Å². The number of ether oxygens (including phenoxy) is 1. The van der Waals surface area contributed by atoms with E-state index < -0.39 is 0 Å². The summed E-state index contributed by atoms with van der Waals surface area (Å²) in [6.07, 6.45) is 0. The summed E-state index contributed by atoms with van der Waals surface area (Å²) < 4.78 is 7.77. The average molecular weight is 261 g/mol. The summed E-state index contributed by atoms with van der Waals surface area (Å²) in [7, 11) is 1.86. The van der Waals surface area contributed by atoms with Crippen LogP contribution in [0.3, 0.4) is 0 Å². The molecule has 1 fully saturated rings. The average Bonchev–Trinajstić information content (AvgIpc) is 2.62. The molecule has 1 saturated heterocycles. The van der Waals surface area contributed by atoms with Crippen molar-refractivity contribution in [1.29, 1.82) is 0 Å². The second-order valence-electron chi connectivity index (χ2n) is 3.88. The number of hydrogen-bond donors (Lipinski definition) is 0. The smallest absolute Gasteiger partial charge is 0.112 e. The summed E-state index contributed by atoms with van der Waals surface area (Å²) in [4.78, 5) is 3.75. The van der Waals surface area contributed by atoms with E-state index in [-0.39, 0.29) is 0 Å². The molecule has 0 aromatic carbocycles. The third-order valence-electron chi connectivity index (χ3n) is 2.37. The van der Waals surface area contributed by atoms with Crippen molar-refractivity contribution in [3.8, 4) is 0 Å². The van der Waals surface area contributed by atoms with Gasteiger partial charge in [-0.3, -0.25) is 4.90 Å². The highest BCUT2D eigenvalue weighted by Gasteiger charge is 2.24. The minimum Gasteiger partial charge on any atom is -0.379 e. The van der Waals surface area contributed by atoms with Crippen molar-refractivity contribution in [2.24, 2.45) is 5.92 Å². The van der Waals surface area contributed by atoms with E-state index in [0.717, 1.165) is 30.5 Å². The van der Waals surface area contributed by atoms with Gasteiger partial charge >= 0.3 is 0 Å². The van der Waals surface area contributed by atoms with Crippen LogP contribution in [-0.2, 0) is 4.74 Å². The zero-order valence-electron chi connectivity index (χ0n) is 8.99. The first kappa shape index (κ1) is 11.8. The maximum atomic E-state index is 5.39. The molecule has 0 aromatic heterocycles. The Labute approximate surface area is 104 Å². The quantitative estimate of drug-likeness (QED) is 0.669. The molecule has 0 N–H and O–H groups in total. The molecule has 84 valence electrons. The molecule has 0 spiro atoms. The van der Waals surface area contributed by atoms with Crippen LogP contribution < -0.4 is 0 Å². The van der Waals surface area contributed by atoms with Crippen LogP contribution in [0.15, 0.2) is 0 Å². The topological polar surface area (TPSA) is 12.5 Å². The molecule has 0 saturated carbocycles. The second kappa shape index (κ2) is 5.10. The van der Waals surface area contributed by atoms with E-state index in [4.69, 9.17) is 17.0 Å². The molecule has 15 heavy (non-hydrogen) atoms. The molecule has 2 nitrogen and oxygen atoms in total. The van der Waals surface area contributed by atoms with Gasteiger partial charge in [-0.05, 0) is 5.92 Å². The van der Waals surface area contributed by atoms with Gasteiger partial charge in [0.2, 0.25) is 0 Å². The Balaban J connectivity index is 2.16. The van der Waals surface area contributed by atoms with E-state index in [2.05, 4.69) is 18.7 Å². The van der Waals surface area contributed by atoms with Crippen LogP contribution in [0.5, 0.6) is 0 Å². The van der Waals surface area contributed by atoms with E-state index in [9.17, 15) is 0 Å². The van der Waals surface area contributed by atoms with Crippen LogP contribution in [0.25, 0.3) is 0 Å². The highest BCUT2D eigenvalue weighted by molar-refractivity contribution is 8.46. The SMILES string of the molecule is CC(C)C1=S=C(N2CCOCC2)SC1=S. The number of thioether (sulfide) groups is 1. The van der Waals surface area contributed by atoms with Gasteiger partial charge in [0.15, 0.2) is 0 Å². The third-order valence-corrected chi connectivity index (χ3v) is 5.77. The van der Waals surface area contributed by atoms with Crippen molar-refractivity contribution < 1.29 is 4.74 Å². The maximum Gasteiger partial charge on any atom is 0.112 e. The Hall–Kier alpha value is 0.320. The fourth-order valence-electron chi connectivity index (χ4n) is 1.51. The Morgan fingerprint density at radius 2 is 2.00 bits per heavy atom. The summed E-state index contributed by atoms with van der Waals surface area (Å²) in [6, 6.07) is 0. The molecule has 0 atom stereocenters. The maximum absolute atomic E-state index is 5.39. The van der Waals surface area contributed by atoms with Gasteiger partial charge in [-0.15, -0.1) is 10.9 Å². The van der Waals surface area contributed by atoms with Gasteiger partial charge in [0.1, 0.15) is 4.32 Å². The minimum atomic E-state index is 0.550. The largest absolute Gasteiger partial charge is 0.379 e. The molecule has 2 rings (SSSR count). The second-order valence-corrected chi connectivity index (χ2v) is 6.83. The lowest BCUT2D eigenvalue weighted by Gasteiger charge is -2.25. The lowest BCUT2D eigenvalue weighted by atomic mass is 10.2. The Bertz CT molecular complexity index is 339. The molecule has 0 aromatic rings. The predicted octanol–water partition coefficient (Wildman–Crippen LogP) is 2.04. The van der Waals surface area contributed by atoms with Crippen LogP contribution in [0.2, 0.25) is 0 Å². The van der Waals surface area contributed by atoms with Gasteiger partial charge in [-0.2, -0.15) is 0 Å². The molecular weight excluding hydrogens is 246 g/mol. The molecule has 0 radical (unpaired) electrons. The van der Waals surface area contributed by atoms with Crippen LogP contribution in [0, 0.1) is 5.92 Å². The first-order valence-corrected chi connectivity index (χ1v) is 7.19. The summed E-state index contributed by atoms with van der Waals surface area (Å²) in [5.41, 5.74) is 0. The van der Waals surface area contributed by atoms with Gasteiger partial charge in [-0.25, -0.2) is 0 Å². The number of hydrogen-bond acceptors (Lipinski definition) is 4. The van der Waals surface area contributed by atoms with Crippen molar-refractivity contribution in [3.63, 3.8) is 0 Å². The van der Waals surface area contributed by atoms with Gasteiger partial charge in [0.25, 0.3) is 0 Å². The highest BCUT2D eigenvalue weighted by atomic mass is 32.2. The normalized spacial score (nSPS) is 23.8. The van der Waals surface area contributed by atoms with Crippen LogP contribution >= 0.6 is 34.9 Å². The molecule has 5 heteroatoms. The molecule has 0 amide bonds. The third kappa shape index (κ3) is 2.71. The first-order chi connectivity index (χ1) is 7.18. The predicted molar refractivity (Wildman–Crippen MR) is 75.0 cm³/mol. The monoisotopic (exact) mass is 261 g/mol. The van der Waals surface area contributed by atoms with Crippen molar-refractivity contribution in [1.82, 2.24) is 4.90 Å². The summed E-state index contributed by atoms with van der Waals surface area (Å²) in [5.74, 6) is 0.550. The standard InChI is InChI=1S/C10H15NOS3/c1-7(2)8-9(13)15-10(14-8)11-3-5-12-6-4-11/h7H,3-6H2,1-2H3. The van der Waals surface area contributed by atoms with Gasteiger partial charge in [0, 0.05) is 18.0 Å². The van der Waals surface area contributed by atoms with Gasteiger partial charge in [-0.1, -0.05) is 37.8 Å². The molecule has 0 unspecified atom stereocenters. The van der Waals surface area contributed by atoms with Crippen molar-refractivity contribution >= 4 is 48.3 Å². The highest BCUT2D eigenvalue weighted by Crippen LogP contribution is 2.25. The first-order valence-electron chi connectivity index (χ1n) is 5.15. The molecule has 2 heterocycles. The zero-order valence-corrected chi connectivity index (χ0v) is 11.4. The molecule has 2 aliphatic rings. The molecule has 0 aliphatic carbocycles. The van der Waals surface area contributed by atoms with E-state index >= 15 is 0 Å². The van der Waals surface area contributed by atoms with Gasteiger partial charge in [0.05, 0.1) is 17.4 Å². The van der Waals surface area contributed by atoms with Crippen LogP contribution in [0.1, 0.15) is 13.8 Å². The fraction of sp³-hybridized carbons (Fsp3) is 0.700. The fourth-order valence-corrected chi connectivity index (χ4v) is 4.83. The van der Waals surface area contributed by atoms with Crippen molar-refractivity contribution in [2.75, 3.05) is 26.3 Å². The summed E-state index contributed by atoms with van der Waals surface area (Å²) in [5, 5.41) is 0. The van der Waals surface area contributed by atoms with Crippen LogP contribution in [-0.4, -0.2) is 44.6 Å². The summed E-state index contributed by atoms with van der Waals surface area (Å²) in [6.45, 7) is 8.10. The number of rotatable bonds is 1. The Kier molecular flexibility index (Phi) is 4.01. The number of nitrogens with zero attached hydrogens (tertiary/aromatic N) is 1. The number of morpholine rings is 1. The molecule has 0 bridgehead atoms. The van der Waals surface area contributed by atoms with E-state index in [1.165, 1.54) is 9.19 Å². The minimum absolute atomic E-state index is 0.550. The lowest BCUT2D eigenvalue weighted by Crippen LogP contribution is -2.38. The van der Waals surface area contributed by atoms with E-state index in [1.54, 1.807) is 11.8 Å². The van der Waals surface area contributed by atoms with Crippen molar-refractivity contribution in [2.45, 2.75) is 13.8 Å². The number of thiocarbonyl (C=S) groups is 1. The zero-order chi connectivity index (χ0) is 10.8.